The first-order valence-electron chi connectivity index (χ1n) is 9.49. The minimum absolute atomic E-state index is 0.128. The highest BCUT2D eigenvalue weighted by Gasteiger charge is 2.42. The van der Waals surface area contributed by atoms with Crippen molar-refractivity contribution in [1.82, 2.24) is 0 Å². The molecular weight excluding hydrogens is 384 g/mol. The van der Waals surface area contributed by atoms with Crippen LogP contribution in [0.3, 0.4) is 0 Å². The normalized spacial score (nSPS) is 15.5. The van der Waals surface area contributed by atoms with Crippen molar-refractivity contribution in [3.8, 4) is 0 Å². The third-order valence-corrected chi connectivity index (χ3v) is 6.81. The van der Waals surface area contributed by atoms with Gasteiger partial charge >= 0.3 is 6.03 Å². The summed E-state index contributed by atoms with van der Waals surface area (Å²) in [5.41, 5.74) is 2.74. The topological polar surface area (TPSA) is 57.7 Å². The van der Waals surface area contributed by atoms with Crippen LogP contribution in [0.1, 0.15) is 30.9 Å². The number of nitrogens with zero attached hydrogens (tertiary/aromatic N) is 2. The number of carbonyl (C=O) groups is 1. The summed E-state index contributed by atoms with van der Waals surface area (Å²) in [4.78, 5) is 15.0. The lowest BCUT2D eigenvalue weighted by Gasteiger charge is -2.36. The second-order valence-electron chi connectivity index (χ2n) is 7.34. The maximum atomic E-state index is 13.4. The molecule has 0 spiro atoms. The van der Waals surface area contributed by atoms with Crippen molar-refractivity contribution in [3.05, 3.63) is 90.0 Å². The summed E-state index contributed by atoms with van der Waals surface area (Å²) in [7, 11) is -4.00. The monoisotopic (exact) mass is 406 g/mol. The molecule has 0 saturated carbocycles. The number of urea groups is 1. The number of carbonyl (C=O) groups excluding carboxylic acids is 1. The number of rotatable bonds is 4. The van der Waals surface area contributed by atoms with Crippen molar-refractivity contribution in [2.24, 2.45) is 0 Å². The SMILES string of the molecule is CC(C)c1ccc(N2C(=O)N(Cc3ccccc3)c3ccccc3S2(=O)=O)cc1. The van der Waals surface area contributed by atoms with Crippen molar-refractivity contribution in [2.75, 3.05) is 9.21 Å². The molecule has 0 aliphatic carbocycles. The van der Waals surface area contributed by atoms with Gasteiger partial charge in [0, 0.05) is 0 Å². The average Bonchev–Trinajstić information content (AvgIpc) is 2.72. The fourth-order valence-electron chi connectivity index (χ4n) is 3.47. The Morgan fingerprint density at radius 3 is 2.10 bits per heavy atom. The van der Waals surface area contributed by atoms with Crippen LogP contribution in [0.4, 0.5) is 16.2 Å². The van der Waals surface area contributed by atoms with Gasteiger partial charge < -0.3 is 0 Å². The van der Waals surface area contributed by atoms with E-state index in [0.717, 1.165) is 15.4 Å². The molecule has 0 radical (unpaired) electrons. The summed E-state index contributed by atoms with van der Waals surface area (Å²) in [5.74, 6) is 0.313. The van der Waals surface area contributed by atoms with E-state index in [1.54, 1.807) is 36.4 Å². The van der Waals surface area contributed by atoms with Gasteiger partial charge in [-0.2, -0.15) is 4.31 Å². The molecule has 148 valence electrons. The van der Waals surface area contributed by atoms with Crippen molar-refractivity contribution in [3.63, 3.8) is 0 Å². The van der Waals surface area contributed by atoms with Crippen LogP contribution in [-0.4, -0.2) is 14.4 Å². The quantitative estimate of drug-likeness (QED) is 0.602. The molecule has 0 fully saturated rings. The van der Waals surface area contributed by atoms with E-state index in [1.807, 2.05) is 42.5 Å². The van der Waals surface area contributed by atoms with Gasteiger partial charge in [-0.25, -0.2) is 13.2 Å². The van der Waals surface area contributed by atoms with Crippen molar-refractivity contribution >= 4 is 27.4 Å². The molecule has 29 heavy (non-hydrogen) atoms. The lowest BCUT2D eigenvalue weighted by atomic mass is 10.0. The molecule has 0 atom stereocenters. The van der Waals surface area contributed by atoms with E-state index in [-0.39, 0.29) is 11.4 Å². The van der Waals surface area contributed by atoms with Gasteiger partial charge in [0.05, 0.1) is 17.9 Å². The molecule has 1 heterocycles. The number of anilines is 2. The molecule has 6 heteroatoms. The molecule has 3 aromatic rings. The number of amides is 2. The number of para-hydroxylation sites is 1. The van der Waals surface area contributed by atoms with E-state index >= 15 is 0 Å². The highest BCUT2D eigenvalue weighted by Crippen LogP contribution is 2.38. The fraction of sp³-hybridized carbons (Fsp3) is 0.174. The predicted molar refractivity (Wildman–Crippen MR) is 115 cm³/mol. The van der Waals surface area contributed by atoms with Crippen molar-refractivity contribution in [2.45, 2.75) is 31.2 Å². The van der Waals surface area contributed by atoms with Crippen LogP contribution >= 0.6 is 0 Å². The molecule has 3 aromatic carbocycles. The predicted octanol–water partition coefficient (Wildman–Crippen LogP) is 5.15. The fourth-order valence-corrected chi connectivity index (χ4v) is 5.07. The smallest absolute Gasteiger partial charge is 0.287 e. The second-order valence-corrected chi connectivity index (χ2v) is 9.09. The van der Waals surface area contributed by atoms with Gasteiger partial charge in [0.2, 0.25) is 0 Å². The van der Waals surface area contributed by atoms with Crippen LogP contribution in [0.2, 0.25) is 0 Å². The van der Waals surface area contributed by atoms with Gasteiger partial charge in [0.1, 0.15) is 4.90 Å². The summed E-state index contributed by atoms with van der Waals surface area (Å²) in [6, 6.07) is 22.7. The van der Waals surface area contributed by atoms with E-state index < -0.39 is 16.1 Å². The molecule has 0 N–H and O–H groups in total. The van der Waals surface area contributed by atoms with E-state index in [4.69, 9.17) is 0 Å². The first-order valence-corrected chi connectivity index (χ1v) is 10.9. The lowest BCUT2D eigenvalue weighted by molar-refractivity contribution is 0.253. The zero-order valence-corrected chi connectivity index (χ0v) is 17.1. The second kappa shape index (κ2) is 7.37. The zero-order chi connectivity index (χ0) is 20.6. The Bertz CT molecular complexity index is 1140. The van der Waals surface area contributed by atoms with Gasteiger partial charge in [-0.1, -0.05) is 68.4 Å². The number of hydrogen-bond acceptors (Lipinski definition) is 3. The summed E-state index contributed by atoms with van der Waals surface area (Å²) < 4.78 is 27.5. The highest BCUT2D eigenvalue weighted by atomic mass is 32.2. The highest BCUT2D eigenvalue weighted by molar-refractivity contribution is 7.94. The number of sulfonamides is 1. The maximum Gasteiger partial charge on any atom is 0.343 e. The van der Waals surface area contributed by atoms with E-state index in [0.29, 0.717) is 17.3 Å². The lowest BCUT2D eigenvalue weighted by Crippen LogP contribution is -2.50. The summed E-state index contributed by atoms with van der Waals surface area (Å²) in [6.07, 6.45) is 0. The number of benzene rings is 3. The Morgan fingerprint density at radius 2 is 1.45 bits per heavy atom. The largest absolute Gasteiger partial charge is 0.343 e. The van der Waals surface area contributed by atoms with Gasteiger partial charge in [0.15, 0.2) is 0 Å². The van der Waals surface area contributed by atoms with Crippen molar-refractivity contribution in [1.29, 1.82) is 0 Å². The first-order chi connectivity index (χ1) is 13.9. The van der Waals surface area contributed by atoms with E-state index in [1.165, 1.54) is 4.90 Å². The number of hydrogen-bond donors (Lipinski definition) is 0. The summed E-state index contributed by atoms with van der Waals surface area (Å²) in [5, 5.41) is 0. The number of fused-ring (bicyclic) bond motifs is 1. The molecule has 1 aliphatic rings. The Kier molecular flexibility index (Phi) is 4.88. The Balaban J connectivity index is 1.83. The molecule has 0 saturated heterocycles. The molecule has 2 amide bonds. The standard InChI is InChI=1S/C23H22N2O3S/c1-17(2)19-12-14-20(15-13-19)25-23(26)24(16-18-8-4-3-5-9-18)21-10-6-7-11-22(21)29(25,27)28/h3-15,17H,16H2,1-2H3. The molecule has 4 rings (SSSR count). The van der Waals surface area contributed by atoms with Crippen LogP contribution in [0.5, 0.6) is 0 Å². The summed E-state index contributed by atoms with van der Waals surface area (Å²) >= 11 is 0. The third-order valence-electron chi connectivity index (χ3n) is 5.06. The van der Waals surface area contributed by atoms with Gasteiger partial charge in [-0.3, -0.25) is 4.90 Å². The molecule has 0 bridgehead atoms. The van der Waals surface area contributed by atoms with Crippen LogP contribution in [0.15, 0.2) is 83.8 Å². The molecule has 0 unspecified atom stereocenters. The van der Waals surface area contributed by atoms with Crippen LogP contribution in [0.25, 0.3) is 0 Å². The van der Waals surface area contributed by atoms with E-state index in [9.17, 15) is 13.2 Å². The van der Waals surface area contributed by atoms with Crippen LogP contribution < -0.4 is 9.21 Å². The average molecular weight is 407 g/mol. The van der Waals surface area contributed by atoms with Crippen LogP contribution in [-0.2, 0) is 16.6 Å². The minimum Gasteiger partial charge on any atom is -0.287 e. The molecule has 5 nitrogen and oxygen atoms in total. The van der Waals surface area contributed by atoms with Gasteiger partial charge in [0.25, 0.3) is 10.0 Å². The van der Waals surface area contributed by atoms with Crippen molar-refractivity contribution < 1.29 is 13.2 Å². The summed E-state index contributed by atoms with van der Waals surface area (Å²) in [6.45, 7) is 4.41. The minimum atomic E-state index is -4.00. The molecule has 0 aromatic heterocycles. The molecule has 1 aliphatic heterocycles. The van der Waals surface area contributed by atoms with Gasteiger partial charge in [-0.15, -0.1) is 0 Å². The Labute approximate surface area is 171 Å². The van der Waals surface area contributed by atoms with Gasteiger partial charge in [-0.05, 0) is 41.3 Å². The zero-order valence-electron chi connectivity index (χ0n) is 16.3. The van der Waals surface area contributed by atoms with E-state index in [2.05, 4.69) is 13.8 Å². The maximum absolute atomic E-state index is 13.4. The first kappa shape index (κ1) is 19.2. The Hall–Kier alpha value is -3.12. The van der Waals surface area contributed by atoms with Crippen LogP contribution in [0, 0.1) is 0 Å². The third kappa shape index (κ3) is 3.40. The molecular formula is C23H22N2O3S. The Morgan fingerprint density at radius 1 is 0.828 bits per heavy atom.